The number of para-hydroxylation sites is 1. The van der Waals surface area contributed by atoms with Crippen LogP contribution in [-0.2, 0) is 6.42 Å². The topological polar surface area (TPSA) is 31.2 Å². The van der Waals surface area contributed by atoms with Crippen molar-refractivity contribution in [3.63, 3.8) is 0 Å². The van der Waals surface area contributed by atoms with E-state index in [-0.39, 0.29) is 5.43 Å². The number of hydrogen-bond acceptors (Lipinski definition) is 2. The molecule has 0 fully saturated rings. The average Bonchev–Trinajstić information content (AvgIpc) is 2.87. The van der Waals surface area contributed by atoms with E-state index in [1.807, 2.05) is 91.0 Å². The molecule has 0 radical (unpaired) electrons. The lowest BCUT2D eigenvalue weighted by Gasteiger charge is -2.21. The zero-order valence-electron chi connectivity index (χ0n) is 18.2. The molecule has 0 amide bonds. The van der Waals surface area contributed by atoms with Gasteiger partial charge in [0.2, 0.25) is 0 Å². The molecule has 4 aromatic carbocycles. The number of methoxy groups -OCH3 is 1. The number of benzene rings is 4. The molecule has 0 unspecified atom stereocenters. The molecule has 5 aromatic rings. The molecule has 1 heterocycles. The molecule has 0 aliphatic heterocycles. The summed E-state index contributed by atoms with van der Waals surface area (Å²) in [5.41, 5.74) is 5.48. The van der Waals surface area contributed by atoms with Gasteiger partial charge in [-0.05, 0) is 59.7 Å². The Bertz CT molecular complexity index is 1470. The summed E-state index contributed by atoms with van der Waals surface area (Å²) < 4.78 is 7.53. The fourth-order valence-corrected chi connectivity index (χ4v) is 4.39. The molecule has 3 nitrogen and oxygen atoms in total. The second-order valence-corrected chi connectivity index (χ2v) is 8.31. The Balaban J connectivity index is 1.89. The van der Waals surface area contributed by atoms with Gasteiger partial charge in [0.15, 0.2) is 5.43 Å². The van der Waals surface area contributed by atoms with Crippen LogP contribution < -0.4 is 10.2 Å². The summed E-state index contributed by atoms with van der Waals surface area (Å²) in [5.74, 6) is 0.779. The van der Waals surface area contributed by atoms with Crippen LogP contribution in [0.15, 0.2) is 108 Å². The normalized spacial score (nSPS) is 11.0. The van der Waals surface area contributed by atoms with Crippen LogP contribution in [0.25, 0.3) is 27.8 Å². The summed E-state index contributed by atoms with van der Waals surface area (Å²) in [6.45, 7) is 0. The van der Waals surface area contributed by atoms with Gasteiger partial charge in [-0.15, -0.1) is 0 Å². The summed E-state index contributed by atoms with van der Waals surface area (Å²) in [5, 5.41) is 1.35. The number of hydrogen-bond donors (Lipinski definition) is 0. The summed E-state index contributed by atoms with van der Waals surface area (Å²) >= 11 is 6.20. The van der Waals surface area contributed by atoms with Crippen molar-refractivity contribution >= 4 is 22.5 Å². The van der Waals surface area contributed by atoms with Crippen molar-refractivity contribution in [1.82, 2.24) is 4.57 Å². The fraction of sp³-hybridized carbons (Fsp3) is 0.0690. The molecule has 0 spiro atoms. The van der Waals surface area contributed by atoms with Crippen molar-refractivity contribution in [3.8, 4) is 22.7 Å². The third-order valence-corrected chi connectivity index (χ3v) is 6.10. The lowest BCUT2D eigenvalue weighted by atomic mass is 9.96. The maximum absolute atomic E-state index is 13.8. The Morgan fingerprint density at radius 1 is 0.788 bits per heavy atom. The van der Waals surface area contributed by atoms with E-state index in [2.05, 4.69) is 16.7 Å². The van der Waals surface area contributed by atoms with Gasteiger partial charge in [0.1, 0.15) is 5.75 Å². The number of rotatable bonds is 5. The smallest absolute Gasteiger partial charge is 0.193 e. The minimum atomic E-state index is 0.0455. The van der Waals surface area contributed by atoms with Crippen molar-refractivity contribution < 1.29 is 4.74 Å². The molecule has 4 heteroatoms. The van der Waals surface area contributed by atoms with Gasteiger partial charge in [0, 0.05) is 28.1 Å². The summed E-state index contributed by atoms with van der Waals surface area (Å²) in [4.78, 5) is 13.8. The van der Waals surface area contributed by atoms with E-state index >= 15 is 0 Å². The molecule has 0 aliphatic carbocycles. The van der Waals surface area contributed by atoms with E-state index in [1.165, 1.54) is 0 Å². The van der Waals surface area contributed by atoms with E-state index in [4.69, 9.17) is 16.3 Å². The van der Waals surface area contributed by atoms with Gasteiger partial charge in [-0.25, -0.2) is 0 Å². The van der Waals surface area contributed by atoms with Gasteiger partial charge in [-0.3, -0.25) is 4.79 Å². The highest BCUT2D eigenvalue weighted by molar-refractivity contribution is 6.30. The third kappa shape index (κ3) is 4.04. The van der Waals surface area contributed by atoms with Crippen LogP contribution in [0, 0.1) is 0 Å². The summed E-state index contributed by atoms with van der Waals surface area (Å²) in [7, 11) is 1.65. The molecule has 0 aliphatic rings. The monoisotopic (exact) mass is 451 g/mol. The Morgan fingerprint density at radius 2 is 1.45 bits per heavy atom. The molecular weight excluding hydrogens is 430 g/mol. The van der Waals surface area contributed by atoms with Crippen molar-refractivity contribution in [2.75, 3.05) is 7.11 Å². The van der Waals surface area contributed by atoms with Crippen LogP contribution in [0.4, 0.5) is 0 Å². The van der Waals surface area contributed by atoms with E-state index in [0.717, 1.165) is 39.3 Å². The van der Waals surface area contributed by atoms with Crippen molar-refractivity contribution in [2.45, 2.75) is 6.42 Å². The minimum absolute atomic E-state index is 0.0455. The van der Waals surface area contributed by atoms with Crippen LogP contribution in [0.3, 0.4) is 0 Å². The molecule has 0 saturated heterocycles. The quantitative estimate of drug-likeness (QED) is 0.290. The minimum Gasteiger partial charge on any atom is -0.497 e. The maximum atomic E-state index is 13.8. The first-order valence-electron chi connectivity index (χ1n) is 10.8. The van der Waals surface area contributed by atoms with Gasteiger partial charge in [0.05, 0.1) is 18.3 Å². The maximum Gasteiger partial charge on any atom is 0.193 e. The van der Waals surface area contributed by atoms with Crippen molar-refractivity contribution in [3.05, 3.63) is 130 Å². The lowest BCUT2D eigenvalue weighted by molar-refractivity contribution is 0.415. The highest BCUT2D eigenvalue weighted by atomic mass is 35.5. The first-order chi connectivity index (χ1) is 16.2. The third-order valence-electron chi connectivity index (χ3n) is 5.85. The molecule has 33 heavy (non-hydrogen) atoms. The number of ether oxygens (including phenoxy) is 1. The first kappa shape index (κ1) is 21.0. The molecule has 0 saturated carbocycles. The highest BCUT2D eigenvalue weighted by Gasteiger charge is 2.20. The first-order valence-corrected chi connectivity index (χ1v) is 11.1. The SMILES string of the molecule is COc1ccc(-n2c(-c3ccc(Cl)cc3)c(Cc3ccccc3)c(=O)c3ccccc32)cc1. The van der Waals surface area contributed by atoms with Crippen molar-refractivity contribution in [1.29, 1.82) is 0 Å². The molecule has 1 aromatic heterocycles. The molecule has 162 valence electrons. The van der Waals surface area contributed by atoms with E-state index in [9.17, 15) is 4.79 Å². The van der Waals surface area contributed by atoms with Crippen LogP contribution in [-0.4, -0.2) is 11.7 Å². The largest absolute Gasteiger partial charge is 0.497 e. The number of aromatic nitrogens is 1. The van der Waals surface area contributed by atoms with Gasteiger partial charge in [0.25, 0.3) is 0 Å². The average molecular weight is 452 g/mol. The van der Waals surface area contributed by atoms with Crippen LogP contribution in [0.2, 0.25) is 5.02 Å². The Kier molecular flexibility index (Phi) is 5.72. The van der Waals surface area contributed by atoms with Crippen molar-refractivity contribution in [2.24, 2.45) is 0 Å². The van der Waals surface area contributed by atoms with Gasteiger partial charge in [-0.2, -0.15) is 0 Å². The molecular formula is C29H22ClNO2. The Labute approximate surface area is 197 Å². The predicted octanol–water partition coefficient (Wildman–Crippen LogP) is 6.91. The zero-order valence-corrected chi connectivity index (χ0v) is 18.9. The van der Waals surface area contributed by atoms with E-state index in [0.29, 0.717) is 16.8 Å². The second-order valence-electron chi connectivity index (χ2n) is 7.88. The second kappa shape index (κ2) is 8.97. The van der Waals surface area contributed by atoms with Gasteiger partial charge < -0.3 is 9.30 Å². The lowest BCUT2D eigenvalue weighted by Crippen LogP contribution is -2.18. The van der Waals surface area contributed by atoms with Gasteiger partial charge in [-0.1, -0.05) is 66.2 Å². The molecule has 0 atom stereocenters. The predicted molar refractivity (Wildman–Crippen MR) is 136 cm³/mol. The fourth-order valence-electron chi connectivity index (χ4n) is 4.26. The highest BCUT2D eigenvalue weighted by Crippen LogP contribution is 2.32. The molecule has 0 N–H and O–H groups in total. The Hall–Kier alpha value is -3.82. The number of fused-ring (bicyclic) bond motifs is 1. The number of pyridine rings is 1. The number of nitrogens with zero attached hydrogens (tertiary/aromatic N) is 1. The summed E-state index contributed by atoms with van der Waals surface area (Å²) in [6.07, 6.45) is 0.526. The Morgan fingerprint density at radius 3 is 2.15 bits per heavy atom. The summed E-state index contributed by atoms with van der Waals surface area (Å²) in [6, 6.07) is 33.4. The molecule has 5 rings (SSSR count). The van der Waals surface area contributed by atoms with Gasteiger partial charge >= 0.3 is 0 Å². The zero-order chi connectivity index (χ0) is 22.8. The standard InChI is InChI=1S/C29H22ClNO2/c1-33-24-17-15-23(16-18-24)31-27-10-6-5-9-25(27)29(32)26(19-20-7-3-2-4-8-20)28(31)21-11-13-22(30)14-12-21/h2-18H,19H2,1H3. The number of halogens is 1. The van der Waals surface area contributed by atoms with E-state index in [1.54, 1.807) is 7.11 Å². The van der Waals surface area contributed by atoms with Crippen LogP contribution in [0.5, 0.6) is 5.75 Å². The molecule has 0 bridgehead atoms. The van der Waals surface area contributed by atoms with E-state index < -0.39 is 0 Å². The van der Waals surface area contributed by atoms with Crippen LogP contribution in [0.1, 0.15) is 11.1 Å². The van der Waals surface area contributed by atoms with Crippen LogP contribution >= 0.6 is 11.6 Å².